The largest absolute Gasteiger partial charge is 0.466 e. The third kappa shape index (κ3) is 3.07. The number of ether oxygens (including phenoxy) is 1. The molecule has 4 rings (SSSR count). The second-order valence-corrected chi connectivity index (χ2v) is 6.71. The number of carbonyl (C=O) groups is 1. The van der Waals surface area contributed by atoms with Gasteiger partial charge in [-0.25, -0.2) is 9.48 Å². The Morgan fingerprint density at radius 2 is 1.89 bits per heavy atom. The van der Waals surface area contributed by atoms with Gasteiger partial charge in [0.25, 0.3) is 0 Å². The van der Waals surface area contributed by atoms with Crippen molar-refractivity contribution in [2.24, 2.45) is 0 Å². The molecule has 0 unspecified atom stereocenters. The molecular formula is C19H14Cl2N4O2. The van der Waals surface area contributed by atoms with Gasteiger partial charge in [0, 0.05) is 15.6 Å². The lowest BCUT2D eigenvalue weighted by Crippen LogP contribution is -2.29. The maximum Gasteiger partial charge on any atom is 0.338 e. The van der Waals surface area contributed by atoms with Crippen molar-refractivity contribution in [3.8, 4) is 0 Å². The molecular weight excluding hydrogens is 387 g/mol. The minimum absolute atomic E-state index is 0.380. The molecule has 2 aromatic carbocycles. The van der Waals surface area contributed by atoms with Crippen molar-refractivity contribution < 1.29 is 9.53 Å². The van der Waals surface area contributed by atoms with Gasteiger partial charge < -0.3 is 10.1 Å². The molecule has 0 amide bonds. The summed E-state index contributed by atoms with van der Waals surface area (Å²) in [7, 11) is 1.34. The number of aromatic nitrogens is 3. The third-order valence-electron chi connectivity index (χ3n) is 4.34. The molecule has 1 aliphatic heterocycles. The summed E-state index contributed by atoms with van der Waals surface area (Å²) in [4.78, 5) is 17.1. The highest BCUT2D eigenvalue weighted by atomic mass is 35.5. The Bertz CT molecular complexity index is 1040. The van der Waals surface area contributed by atoms with E-state index in [1.165, 1.54) is 13.4 Å². The summed E-state index contributed by atoms with van der Waals surface area (Å²) in [6.07, 6.45) is 1.42. The fourth-order valence-electron chi connectivity index (χ4n) is 3.12. The van der Waals surface area contributed by atoms with Gasteiger partial charge in [-0.1, -0.05) is 53.5 Å². The molecule has 0 radical (unpaired) electrons. The maximum atomic E-state index is 12.8. The Kier molecular flexibility index (Phi) is 4.59. The molecule has 0 saturated heterocycles. The second-order valence-electron chi connectivity index (χ2n) is 5.86. The summed E-state index contributed by atoms with van der Waals surface area (Å²) in [6.45, 7) is 0. The molecule has 136 valence electrons. The normalized spacial score (nSPS) is 15.9. The van der Waals surface area contributed by atoms with Crippen molar-refractivity contribution in [1.29, 1.82) is 0 Å². The molecule has 0 saturated carbocycles. The van der Waals surface area contributed by atoms with Gasteiger partial charge in [0.1, 0.15) is 12.4 Å². The van der Waals surface area contributed by atoms with Crippen LogP contribution in [0, 0.1) is 0 Å². The van der Waals surface area contributed by atoms with Crippen LogP contribution in [0.2, 0.25) is 10.0 Å². The lowest BCUT2D eigenvalue weighted by atomic mass is 9.93. The van der Waals surface area contributed by atoms with Crippen LogP contribution in [-0.2, 0) is 9.53 Å². The SMILES string of the molecule is COC(=O)C1=C(c2ccc(Cl)cc2)Nc2ncnn2[C@H]1c1ccccc1Cl. The first-order chi connectivity index (χ1) is 13.1. The van der Waals surface area contributed by atoms with E-state index in [-0.39, 0.29) is 0 Å². The molecule has 1 atom stereocenters. The summed E-state index contributed by atoms with van der Waals surface area (Å²) < 4.78 is 6.70. The van der Waals surface area contributed by atoms with Crippen LogP contribution in [0.15, 0.2) is 60.4 Å². The van der Waals surface area contributed by atoms with E-state index in [4.69, 9.17) is 27.9 Å². The average Bonchev–Trinajstić information content (AvgIpc) is 3.15. The Balaban J connectivity index is 2.00. The van der Waals surface area contributed by atoms with Gasteiger partial charge in [-0.15, -0.1) is 0 Å². The number of benzene rings is 2. The highest BCUT2D eigenvalue weighted by Crippen LogP contribution is 2.40. The van der Waals surface area contributed by atoms with Crippen LogP contribution >= 0.6 is 23.2 Å². The van der Waals surface area contributed by atoms with E-state index in [1.807, 2.05) is 30.3 Å². The van der Waals surface area contributed by atoms with Crippen LogP contribution in [-0.4, -0.2) is 27.8 Å². The number of hydrogen-bond donors (Lipinski definition) is 1. The molecule has 0 spiro atoms. The second kappa shape index (κ2) is 7.06. The predicted octanol–water partition coefficient (Wildman–Crippen LogP) is 4.18. The number of anilines is 1. The van der Waals surface area contributed by atoms with E-state index in [9.17, 15) is 4.79 Å². The van der Waals surface area contributed by atoms with E-state index in [1.54, 1.807) is 22.9 Å². The number of halogens is 2. The van der Waals surface area contributed by atoms with Crippen LogP contribution in [0.4, 0.5) is 5.95 Å². The number of nitrogens with one attached hydrogen (secondary N) is 1. The van der Waals surface area contributed by atoms with Gasteiger partial charge in [-0.05, 0) is 23.8 Å². The van der Waals surface area contributed by atoms with Gasteiger partial charge >= 0.3 is 5.97 Å². The number of carbonyl (C=O) groups excluding carboxylic acids is 1. The number of methoxy groups -OCH3 is 1. The van der Waals surface area contributed by atoms with Gasteiger partial charge in [-0.3, -0.25) is 0 Å². The van der Waals surface area contributed by atoms with Crippen molar-refractivity contribution in [3.05, 3.63) is 81.6 Å². The molecule has 0 aliphatic carbocycles. The topological polar surface area (TPSA) is 69.0 Å². The average molecular weight is 401 g/mol. The minimum atomic E-state index is -0.587. The van der Waals surface area contributed by atoms with E-state index in [0.717, 1.165) is 11.1 Å². The third-order valence-corrected chi connectivity index (χ3v) is 4.93. The van der Waals surface area contributed by atoms with E-state index in [2.05, 4.69) is 15.4 Å². The van der Waals surface area contributed by atoms with Crippen LogP contribution in [0.1, 0.15) is 17.2 Å². The van der Waals surface area contributed by atoms with Crippen LogP contribution in [0.5, 0.6) is 0 Å². The molecule has 0 fully saturated rings. The summed E-state index contributed by atoms with van der Waals surface area (Å²) in [5.74, 6) is 0.0102. The van der Waals surface area contributed by atoms with Gasteiger partial charge in [0.05, 0.1) is 18.4 Å². The molecule has 8 heteroatoms. The quantitative estimate of drug-likeness (QED) is 0.667. The zero-order valence-corrected chi connectivity index (χ0v) is 15.7. The lowest BCUT2D eigenvalue weighted by molar-refractivity contribution is -0.136. The fourth-order valence-corrected chi connectivity index (χ4v) is 3.48. The standard InChI is InChI=1S/C19H14Cl2N4O2/c1-27-18(26)15-16(11-6-8-12(20)9-7-11)24-19-22-10-23-25(19)17(15)13-4-2-3-5-14(13)21/h2-10,17H,1H3,(H,22,23,24)/t17-/m0/s1. The first-order valence-corrected chi connectivity index (χ1v) is 8.85. The van der Waals surface area contributed by atoms with Gasteiger partial charge in [0.15, 0.2) is 0 Å². The van der Waals surface area contributed by atoms with Crippen LogP contribution in [0.25, 0.3) is 5.70 Å². The molecule has 1 N–H and O–H groups in total. The zero-order chi connectivity index (χ0) is 19.0. The fraction of sp³-hybridized carbons (Fsp3) is 0.105. The van der Waals surface area contributed by atoms with Crippen molar-refractivity contribution in [2.75, 3.05) is 12.4 Å². The number of esters is 1. The van der Waals surface area contributed by atoms with Crippen molar-refractivity contribution >= 4 is 40.8 Å². The highest BCUT2D eigenvalue weighted by Gasteiger charge is 2.36. The lowest BCUT2D eigenvalue weighted by Gasteiger charge is -2.29. The number of fused-ring (bicyclic) bond motifs is 1. The van der Waals surface area contributed by atoms with Gasteiger partial charge in [0.2, 0.25) is 5.95 Å². The van der Waals surface area contributed by atoms with Crippen LogP contribution < -0.4 is 5.32 Å². The number of nitrogens with zero attached hydrogens (tertiary/aromatic N) is 3. The zero-order valence-electron chi connectivity index (χ0n) is 14.2. The van der Waals surface area contributed by atoms with Gasteiger partial charge in [-0.2, -0.15) is 10.1 Å². The van der Waals surface area contributed by atoms with Crippen LogP contribution in [0.3, 0.4) is 0 Å². The van der Waals surface area contributed by atoms with Crippen molar-refractivity contribution in [1.82, 2.24) is 14.8 Å². The molecule has 2 heterocycles. The first kappa shape index (κ1) is 17.6. The molecule has 0 bridgehead atoms. The van der Waals surface area contributed by atoms with E-state index >= 15 is 0 Å². The molecule has 1 aromatic heterocycles. The van der Waals surface area contributed by atoms with Crippen molar-refractivity contribution in [2.45, 2.75) is 6.04 Å². The summed E-state index contributed by atoms with van der Waals surface area (Å²) in [5, 5.41) is 8.58. The molecule has 1 aliphatic rings. The monoisotopic (exact) mass is 400 g/mol. The first-order valence-electron chi connectivity index (χ1n) is 8.09. The predicted molar refractivity (Wildman–Crippen MR) is 104 cm³/mol. The van der Waals surface area contributed by atoms with Crippen molar-refractivity contribution in [3.63, 3.8) is 0 Å². The Morgan fingerprint density at radius 3 is 2.59 bits per heavy atom. The van der Waals surface area contributed by atoms with E-state index in [0.29, 0.717) is 27.3 Å². The minimum Gasteiger partial charge on any atom is -0.466 e. The summed E-state index contributed by atoms with van der Waals surface area (Å²) in [5.41, 5.74) is 2.44. The number of rotatable bonds is 3. The number of hydrogen-bond acceptors (Lipinski definition) is 5. The maximum absolute atomic E-state index is 12.8. The molecule has 6 nitrogen and oxygen atoms in total. The Morgan fingerprint density at radius 1 is 1.15 bits per heavy atom. The highest BCUT2D eigenvalue weighted by molar-refractivity contribution is 6.31. The smallest absolute Gasteiger partial charge is 0.338 e. The molecule has 27 heavy (non-hydrogen) atoms. The Labute approximate surface area is 165 Å². The summed E-state index contributed by atoms with van der Waals surface area (Å²) >= 11 is 12.5. The summed E-state index contributed by atoms with van der Waals surface area (Å²) in [6, 6.07) is 13.9. The van der Waals surface area contributed by atoms with E-state index < -0.39 is 12.0 Å². The molecule has 3 aromatic rings. The Hall–Kier alpha value is -2.83.